The summed E-state index contributed by atoms with van der Waals surface area (Å²) in [6.07, 6.45) is 4.72. The molecule has 4 rings (SSSR count). The highest BCUT2D eigenvalue weighted by Gasteiger charge is 2.16. The third-order valence-corrected chi connectivity index (χ3v) is 4.67. The third kappa shape index (κ3) is 4.05. The van der Waals surface area contributed by atoms with Crippen molar-refractivity contribution in [3.63, 3.8) is 0 Å². The molecule has 3 aromatic rings. The van der Waals surface area contributed by atoms with Crippen molar-refractivity contribution in [2.75, 3.05) is 13.1 Å². The molecule has 0 unspecified atom stereocenters. The van der Waals surface area contributed by atoms with Gasteiger partial charge in [0.15, 0.2) is 11.6 Å². The average Bonchev–Trinajstić information content (AvgIpc) is 3.34. The molecular weight excluding hydrogens is 351 g/mol. The molecule has 0 bridgehead atoms. The minimum absolute atomic E-state index is 0.0591. The Bertz CT molecular complexity index is 917. The number of carbonyl (C=O) groups is 1. The highest BCUT2D eigenvalue weighted by molar-refractivity contribution is 5.82. The van der Waals surface area contributed by atoms with E-state index in [0.717, 1.165) is 42.5 Å². The Morgan fingerprint density at radius 1 is 1.30 bits per heavy atom. The Morgan fingerprint density at radius 3 is 2.93 bits per heavy atom. The maximum absolute atomic E-state index is 14.3. The molecule has 7 nitrogen and oxygen atoms in total. The van der Waals surface area contributed by atoms with E-state index in [1.54, 1.807) is 12.1 Å². The van der Waals surface area contributed by atoms with Crippen molar-refractivity contribution in [3.05, 3.63) is 47.7 Å². The van der Waals surface area contributed by atoms with Gasteiger partial charge in [-0.2, -0.15) is 0 Å². The van der Waals surface area contributed by atoms with Crippen molar-refractivity contribution in [3.8, 4) is 5.75 Å². The summed E-state index contributed by atoms with van der Waals surface area (Å²) in [6.45, 7) is 2.09. The largest absolute Gasteiger partial charge is 0.484 e. The first kappa shape index (κ1) is 17.4. The molecule has 27 heavy (non-hydrogen) atoms. The molecule has 0 saturated carbocycles. The first-order valence-electron chi connectivity index (χ1n) is 9.05. The van der Waals surface area contributed by atoms with Crippen LogP contribution in [0, 0.1) is 5.82 Å². The minimum Gasteiger partial charge on any atom is -0.484 e. The summed E-state index contributed by atoms with van der Waals surface area (Å²) in [5.74, 6) is -0.315. The molecule has 0 aliphatic carbocycles. The number of amides is 2. The summed E-state index contributed by atoms with van der Waals surface area (Å²) in [5, 5.41) is 7.37. The van der Waals surface area contributed by atoms with E-state index in [1.165, 1.54) is 18.8 Å². The van der Waals surface area contributed by atoms with Gasteiger partial charge >= 0.3 is 6.03 Å². The molecule has 142 valence electrons. The Hall–Kier alpha value is -3.03. The van der Waals surface area contributed by atoms with Gasteiger partial charge in [0.1, 0.15) is 18.6 Å². The molecule has 0 radical (unpaired) electrons. The summed E-state index contributed by atoms with van der Waals surface area (Å²) in [4.78, 5) is 17.2. The van der Waals surface area contributed by atoms with Crippen LogP contribution < -0.4 is 10.1 Å². The number of rotatable bonds is 5. The number of halogens is 1. The number of aromatic amines is 1. The Kier molecular flexibility index (Phi) is 4.95. The zero-order valence-electron chi connectivity index (χ0n) is 14.8. The second-order valence-corrected chi connectivity index (χ2v) is 6.65. The molecule has 2 N–H and O–H groups in total. The lowest BCUT2D eigenvalue weighted by molar-refractivity contribution is 0.186. The standard InChI is InChI=1S/C19H21FN4O3/c20-16-9-13-8-15(11-21-19(25)24-5-2-1-3-6-24)22-17(13)10-18(16)26-12-14-4-7-27-23-14/h4,7-10,22H,1-3,5-6,11-12H2,(H,21,25). The van der Waals surface area contributed by atoms with Gasteiger partial charge in [0.05, 0.1) is 6.54 Å². The number of likely N-dealkylation sites (tertiary alicyclic amines) is 1. The van der Waals surface area contributed by atoms with Gasteiger partial charge in [0.2, 0.25) is 0 Å². The molecule has 1 aromatic carbocycles. The Morgan fingerprint density at radius 2 is 2.15 bits per heavy atom. The summed E-state index contributed by atoms with van der Waals surface area (Å²) in [5.41, 5.74) is 2.14. The highest BCUT2D eigenvalue weighted by Crippen LogP contribution is 2.26. The van der Waals surface area contributed by atoms with Crippen LogP contribution in [0.4, 0.5) is 9.18 Å². The number of ether oxygens (including phenoxy) is 1. The van der Waals surface area contributed by atoms with Gasteiger partial charge < -0.3 is 24.5 Å². The van der Waals surface area contributed by atoms with Crippen molar-refractivity contribution in [2.24, 2.45) is 0 Å². The van der Waals surface area contributed by atoms with E-state index in [0.29, 0.717) is 12.2 Å². The van der Waals surface area contributed by atoms with Gasteiger partial charge in [0, 0.05) is 41.8 Å². The fourth-order valence-corrected chi connectivity index (χ4v) is 3.24. The number of nitrogens with one attached hydrogen (secondary N) is 2. The summed E-state index contributed by atoms with van der Waals surface area (Å²) < 4.78 is 24.5. The molecule has 1 aliphatic rings. The van der Waals surface area contributed by atoms with Crippen LogP contribution in [0.25, 0.3) is 10.9 Å². The Labute approximate surface area is 155 Å². The van der Waals surface area contributed by atoms with Gasteiger partial charge in [-0.3, -0.25) is 0 Å². The van der Waals surface area contributed by atoms with Crippen LogP contribution in [-0.2, 0) is 13.2 Å². The van der Waals surface area contributed by atoms with Crippen LogP contribution >= 0.6 is 0 Å². The SMILES string of the molecule is O=C(NCc1cc2cc(F)c(OCc3ccon3)cc2[nH]1)N1CCCCC1. The number of carbonyl (C=O) groups excluding carboxylic acids is 1. The lowest BCUT2D eigenvalue weighted by Crippen LogP contribution is -2.42. The van der Waals surface area contributed by atoms with E-state index in [9.17, 15) is 9.18 Å². The second kappa shape index (κ2) is 7.69. The monoisotopic (exact) mass is 372 g/mol. The topological polar surface area (TPSA) is 83.4 Å². The maximum atomic E-state index is 14.3. The number of benzene rings is 1. The summed E-state index contributed by atoms with van der Waals surface area (Å²) in [7, 11) is 0. The fourth-order valence-electron chi connectivity index (χ4n) is 3.24. The van der Waals surface area contributed by atoms with E-state index < -0.39 is 5.82 Å². The zero-order chi connectivity index (χ0) is 18.6. The van der Waals surface area contributed by atoms with E-state index in [-0.39, 0.29) is 18.4 Å². The number of H-pyrrole nitrogens is 1. The molecule has 2 aromatic heterocycles. The van der Waals surface area contributed by atoms with E-state index >= 15 is 0 Å². The van der Waals surface area contributed by atoms with Crippen molar-refractivity contribution in [1.82, 2.24) is 20.4 Å². The van der Waals surface area contributed by atoms with Crippen LogP contribution in [0.3, 0.4) is 0 Å². The summed E-state index contributed by atoms with van der Waals surface area (Å²) in [6, 6.07) is 6.46. The number of hydrogen-bond acceptors (Lipinski definition) is 4. The van der Waals surface area contributed by atoms with Crippen molar-refractivity contribution in [2.45, 2.75) is 32.4 Å². The molecule has 0 atom stereocenters. The van der Waals surface area contributed by atoms with Crippen molar-refractivity contribution in [1.29, 1.82) is 0 Å². The van der Waals surface area contributed by atoms with E-state index in [1.807, 2.05) is 11.0 Å². The second-order valence-electron chi connectivity index (χ2n) is 6.65. The fraction of sp³-hybridized carbons (Fsp3) is 0.368. The highest BCUT2D eigenvalue weighted by atomic mass is 19.1. The van der Waals surface area contributed by atoms with Crippen LogP contribution in [-0.4, -0.2) is 34.2 Å². The van der Waals surface area contributed by atoms with Gasteiger partial charge in [-0.1, -0.05) is 5.16 Å². The predicted octanol–water partition coefficient (Wildman–Crippen LogP) is 3.57. The lowest BCUT2D eigenvalue weighted by Gasteiger charge is -2.26. The maximum Gasteiger partial charge on any atom is 0.317 e. The number of piperidine rings is 1. The first-order chi connectivity index (χ1) is 13.2. The molecule has 2 amide bonds. The number of fused-ring (bicyclic) bond motifs is 1. The van der Waals surface area contributed by atoms with E-state index in [4.69, 9.17) is 9.26 Å². The molecule has 1 aliphatic heterocycles. The average molecular weight is 372 g/mol. The first-order valence-corrected chi connectivity index (χ1v) is 9.05. The van der Waals surface area contributed by atoms with Crippen molar-refractivity contribution < 1.29 is 18.4 Å². The van der Waals surface area contributed by atoms with Gasteiger partial charge in [0.25, 0.3) is 0 Å². The van der Waals surface area contributed by atoms with Gasteiger partial charge in [-0.25, -0.2) is 9.18 Å². The molecule has 1 fully saturated rings. The van der Waals surface area contributed by atoms with Crippen molar-refractivity contribution >= 4 is 16.9 Å². The number of aromatic nitrogens is 2. The molecule has 3 heterocycles. The lowest BCUT2D eigenvalue weighted by atomic mass is 10.1. The van der Waals surface area contributed by atoms with Gasteiger partial charge in [-0.15, -0.1) is 0 Å². The normalized spacial score (nSPS) is 14.5. The smallest absolute Gasteiger partial charge is 0.317 e. The Balaban J connectivity index is 1.41. The van der Waals surface area contributed by atoms with Gasteiger partial charge in [-0.05, 0) is 31.4 Å². The molecule has 8 heteroatoms. The summed E-state index contributed by atoms with van der Waals surface area (Å²) >= 11 is 0. The number of urea groups is 1. The molecule has 1 saturated heterocycles. The van der Waals surface area contributed by atoms with Crippen LogP contribution in [0.15, 0.2) is 35.1 Å². The van der Waals surface area contributed by atoms with Crippen LogP contribution in [0.1, 0.15) is 30.7 Å². The molecular formula is C19H21FN4O3. The molecule has 0 spiro atoms. The quantitative estimate of drug-likeness (QED) is 0.717. The number of hydrogen-bond donors (Lipinski definition) is 2. The zero-order valence-corrected chi connectivity index (χ0v) is 14.8. The van der Waals surface area contributed by atoms with Crippen LogP contribution in [0.2, 0.25) is 0 Å². The number of nitrogens with zero attached hydrogens (tertiary/aromatic N) is 2. The third-order valence-electron chi connectivity index (χ3n) is 4.67. The predicted molar refractivity (Wildman–Crippen MR) is 96.8 cm³/mol. The van der Waals surface area contributed by atoms with E-state index in [2.05, 4.69) is 15.5 Å². The minimum atomic E-state index is -0.450. The van der Waals surface area contributed by atoms with Crippen LogP contribution in [0.5, 0.6) is 5.75 Å².